The van der Waals surface area contributed by atoms with Crippen molar-refractivity contribution in [1.29, 1.82) is 0 Å². The van der Waals surface area contributed by atoms with E-state index in [0.717, 1.165) is 23.0 Å². The first-order valence-corrected chi connectivity index (χ1v) is 38.6. The van der Waals surface area contributed by atoms with Crippen LogP contribution >= 0.6 is 17.0 Å². The molecule has 0 fully saturated rings. The van der Waals surface area contributed by atoms with E-state index in [1.54, 1.807) is 28.4 Å². The molecular formula is C74H70Cl2O4Si2Zr-4. The van der Waals surface area contributed by atoms with Crippen molar-refractivity contribution in [2.75, 3.05) is 28.4 Å². The standard InChI is InChI=1S/2C37H35O2Si.2ClH.Zr/c2*1-24-22-32-26(28-16-10-12-20-34(28)38-3)14-6-8-18-30(32)36(24)40(5)37-25(2)23-33-27(15-7-9-19-31(33)37)29-17-11-13-21-35(29)39-4;;;/h2*6-23,26-27H,1-5H3;2*1H;/q2*-2;;;+2/p-2. The zero-order valence-corrected chi connectivity index (χ0v) is 55.0. The molecular weight excluding hydrogens is 1170 g/mol. The SMILES string of the molecule is COc1ccccc1C1C=CC=Cc2c1cc(C)[c-]2[Si](C)[c-]1c(C)cc2c1C=CC=CC2c1ccccc1OC.COc1ccccc1C1C=CC=Cc2c1cc(C)[c-]2[Si](C)[c-]1c(C)cc2c1C=CC=CC2c1ccccc1OC.[Cl][Zr][Cl]. The summed E-state index contributed by atoms with van der Waals surface area (Å²) in [6.07, 6.45) is 36.0. The van der Waals surface area contributed by atoms with Crippen molar-refractivity contribution in [2.45, 2.75) is 64.5 Å². The first-order valence-electron chi connectivity index (χ1n) is 28.2. The fraction of sp³-hybridized carbons (Fsp3) is 0.189. The number of aryl methyl sites for hydroxylation is 4. The predicted octanol–water partition coefficient (Wildman–Crippen LogP) is 16.2. The Bertz CT molecular complexity index is 3390. The zero-order valence-electron chi connectivity index (χ0n) is 49.0. The summed E-state index contributed by atoms with van der Waals surface area (Å²) in [5.41, 5.74) is 21.3. The maximum atomic E-state index is 5.78. The van der Waals surface area contributed by atoms with Crippen molar-refractivity contribution in [3.8, 4) is 23.0 Å². The van der Waals surface area contributed by atoms with Crippen LogP contribution in [0, 0.1) is 27.7 Å². The van der Waals surface area contributed by atoms with E-state index in [1.165, 1.54) is 110 Å². The van der Waals surface area contributed by atoms with Gasteiger partial charge >= 0.3 is 37.9 Å². The molecule has 0 saturated heterocycles. The first-order chi connectivity index (χ1) is 40.5. The summed E-state index contributed by atoms with van der Waals surface area (Å²) in [4.78, 5) is 0. The number of ether oxygens (including phenoxy) is 4. The van der Waals surface area contributed by atoms with Crippen molar-refractivity contribution >= 4 is 79.7 Å². The molecule has 9 heteroatoms. The third-order valence-electron chi connectivity index (χ3n) is 16.8. The Morgan fingerprint density at radius 2 is 0.542 bits per heavy atom. The zero-order chi connectivity index (χ0) is 58.3. The van der Waals surface area contributed by atoms with Crippen LogP contribution in [-0.4, -0.2) is 46.0 Å². The molecule has 0 N–H and O–H groups in total. The average Bonchev–Trinajstić information content (AvgIpc) is 3.07. The van der Waals surface area contributed by atoms with E-state index in [9.17, 15) is 0 Å². The molecule has 8 aromatic rings. The van der Waals surface area contributed by atoms with Crippen molar-refractivity contribution in [3.63, 3.8) is 0 Å². The number of hydrogen-bond acceptors (Lipinski definition) is 4. The second kappa shape index (κ2) is 26.9. The van der Waals surface area contributed by atoms with Gasteiger partial charge in [0.05, 0.1) is 28.4 Å². The van der Waals surface area contributed by atoms with Gasteiger partial charge in [0.2, 0.25) is 0 Å². The number of halogens is 2. The minimum atomic E-state index is -1.09. The van der Waals surface area contributed by atoms with Gasteiger partial charge in [-0.25, -0.2) is 0 Å². The number of rotatable bonds is 12. The van der Waals surface area contributed by atoms with Gasteiger partial charge in [0, 0.05) is 17.6 Å². The van der Waals surface area contributed by atoms with Gasteiger partial charge in [0.25, 0.3) is 0 Å². The fourth-order valence-corrected chi connectivity index (χ4v) is 19.1. The first kappa shape index (κ1) is 59.5. The quantitative estimate of drug-likeness (QED) is 0.0902. The molecule has 4 aliphatic carbocycles. The molecule has 0 amide bonds. The molecule has 8 aromatic carbocycles. The molecule has 12 rings (SSSR count). The maximum absolute atomic E-state index is 5.78. The summed E-state index contributed by atoms with van der Waals surface area (Å²) in [5, 5.41) is 6.04. The van der Waals surface area contributed by atoms with Crippen molar-refractivity contribution < 1.29 is 39.8 Å². The van der Waals surface area contributed by atoms with Crippen LogP contribution in [0.25, 0.3) is 24.3 Å². The number of para-hydroxylation sites is 4. The summed E-state index contributed by atoms with van der Waals surface area (Å²) < 4.78 is 23.1. The summed E-state index contributed by atoms with van der Waals surface area (Å²) in [6.45, 7) is 14.1. The normalized spacial score (nSPS) is 17.0. The molecule has 0 bridgehead atoms. The van der Waals surface area contributed by atoms with Gasteiger partial charge < -0.3 is 18.9 Å². The van der Waals surface area contributed by atoms with Gasteiger partial charge in [-0.2, -0.15) is 68.8 Å². The molecule has 0 aliphatic heterocycles. The van der Waals surface area contributed by atoms with Crippen molar-refractivity contribution in [1.82, 2.24) is 0 Å². The van der Waals surface area contributed by atoms with Gasteiger partial charge in [-0.1, -0.05) is 162 Å². The Labute approximate surface area is 514 Å². The number of hydrogen-bond donors (Lipinski definition) is 0. The van der Waals surface area contributed by atoms with E-state index < -0.39 is 38.4 Å². The second-order valence-corrected chi connectivity index (χ2v) is 29.7. The van der Waals surface area contributed by atoms with Gasteiger partial charge in [-0.3, -0.25) is 0 Å². The van der Waals surface area contributed by atoms with Crippen molar-refractivity contribution in [2.24, 2.45) is 0 Å². The Morgan fingerprint density at radius 3 is 0.747 bits per heavy atom. The molecule has 0 spiro atoms. The topological polar surface area (TPSA) is 36.9 Å². The molecule has 4 nitrogen and oxygen atoms in total. The summed E-state index contributed by atoms with van der Waals surface area (Å²) in [7, 11) is 14.7. The third-order valence-corrected chi connectivity index (χ3v) is 22.5. The van der Waals surface area contributed by atoms with E-state index in [4.69, 9.17) is 36.0 Å². The molecule has 4 atom stereocenters. The van der Waals surface area contributed by atoms with Crippen LogP contribution in [0.1, 0.15) is 113 Å². The van der Waals surface area contributed by atoms with E-state index in [2.05, 4.69) is 235 Å². The summed E-state index contributed by atoms with van der Waals surface area (Å²) >= 11 is -0.826. The molecule has 0 saturated carbocycles. The van der Waals surface area contributed by atoms with Gasteiger partial charge in [0.15, 0.2) is 0 Å². The third kappa shape index (κ3) is 11.8. The number of benzene rings is 4. The average molecular weight is 1240 g/mol. The molecule has 0 heterocycles. The molecule has 4 aliphatic rings. The summed E-state index contributed by atoms with van der Waals surface area (Å²) in [6, 6.07) is 43.3. The molecule has 0 aromatic heterocycles. The monoisotopic (exact) mass is 1240 g/mol. The van der Waals surface area contributed by atoms with Crippen LogP contribution in [0.4, 0.5) is 0 Å². The Hall–Kier alpha value is -6.70. The van der Waals surface area contributed by atoms with E-state index in [1.807, 2.05) is 24.3 Å². The van der Waals surface area contributed by atoms with Crippen LogP contribution < -0.4 is 39.7 Å². The van der Waals surface area contributed by atoms with Crippen LogP contribution in [-0.2, 0) is 20.8 Å². The van der Waals surface area contributed by atoms with Crippen LogP contribution in [0.15, 0.2) is 194 Å². The van der Waals surface area contributed by atoms with Crippen LogP contribution in [0.3, 0.4) is 0 Å². The number of methoxy groups -OCH3 is 4. The summed E-state index contributed by atoms with van der Waals surface area (Å²) in [5.74, 6) is 4.35. The Balaban J connectivity index is 0.000000177. The van der Waals surface area contributed by atoms with E-state index in [0.29, 0.717) is 0 Å². The number of allylic oxidation sites excluding steroid dienone is 12. The minimum absolute atomic E-state index is 0.153. The van der Waals surface area contributed by atoms with Crippen molar-refractivity contribution in [3.05, 3.63) is 283 Å². The Morgan fingerprint density at radius 1 is 0.337 bits per heavy atom. The van der Waals surface area contributed by atoms with Crippen LogP contribution in [0.2, 0.25) is 13.1 Å². The Kier molecular flexibility index (Phi) is 19.3. The van der Waals surface area contributed by atoms with E-state index >= 15 is 0 Å². The number of fused-ring (bicyclic) bond motifs is 4. The second-order valence-electron chi connectivity index (χ2n) is 21.5. The fourth-order valence-electron chi connectivity index (χ4n) is 13.4. The molecule has 420 valence electrons. The van der Waals surface area contributed by atoms with Gasteiger partial charge in [-0.05, 0) is 70.2 Å². The molecule has 83 heavy (non-hydrogen) atoms. The molecule has 2 radical (unpaired) electrons. The van der Waals surface area contributed by atoms with Crippen LogP contribution in [0.5, 0.6) is 23.0 Å². The van der Waals surface area contributed by atoms with Gasteiger partial charge in [0.1, 0.15) is 23.0 Å². The van der Waals surface area contributed by atoms with E-state index in [-0.39, 0.29) is 23.7 Å². The van der Waals surface area contributed by atoms with Gasteiger partial charge in [-0.15, -0.1) is 91.6 Å². The predicted molar refractivity (Wildman–Crippen MR) is 353 cm³/mol. The molecule has 4 unspecified atom stereocenters.